The van der Waals surface area contributed by atoms with Crippen LogP contribution in [0, 0.1) is 10.7 Å². The summed E-state index contributed by atoms with van der Waals surface area (Å²) in [5.41, 5.74) is 3.06. The molecule has 0 amide bonds. The van der Waals surface area contributed by atoms with Gasteiger partial charge in [-0.15, -0.1) is 10.2 Å². The second-order valence-electron chi connectivity index (χ2n) is 4.33. The van der Waals surface area contributed by atoms with E-state index in [1.54, 1.807) is 0 Å². The minimum Gasteiger partial charge on any atom is -0.454 e. The predicted octanol–water partition coefficient (Wildman–Crippen LogP) is 3.85. The van der Waals surface area contributed by atoms with E-state index >= 15 is 0 Å². The average molecular weight is 381 g/mol. The number of nitrogens with one attached hydrogen (secondary N) is 1. The zero-order valence-corrected chi connectivity index (χ0v) is 12.9. The van der Waals surface area contributed by atoms with Crippen molar-refractivity contribution in [3.8, 4) is 11.5 Å². The van der Waals surface area contributed by atoms with Gasteiger partial charge in [0.1, 0.15) is 5.76 Å². The van der Waals surface area contributed by atoms with E-state index in [0.717, 1.165) is 26.3 Å². The Kier molecular flexibility index (Phi) is 3.72. The van der Waals surface area contributed by atoms with Crippen molar-refractivity contribution in [3.05, 3.63) is 51.8 Å². The second kappa shape index (κ2) is 5.66. The summed E-state index contributed by atoms with van der Waals surface area (Å²) in [6.07, 6.45) is 1.33. The van der Waals surface area contributed by atoms with Crippen LogP contribution in [0.2, 0.25) is 0 Å². The summed E-state index contributed by atoms with van der Waals surface area (Å²) < 4.78 is 11.6. The first kappa shape index (κ1) is 13.2. The summed E-state index contributed by atoms with van der Waals surface area (Å²) >= 11 is 2.15. The van der Waals surface area contributed by atoms with Crippen molar-refractivity contribution in [2.45, 2.75) is 13.5 Å². The zero-order chi connectivity index (χ0) is 13.9. The van der Waals surface area contributed by atoms with E-state index in [9.17, 15) is 0 Å². The van der Waals surface area contributed by atoms with Gasteiger partial charge in [-0.3, -0.25) is 0 Å². The van der Waals surface area contributed by atoms with E-state index in [-0.39, 0.29) is 0 Å². The van der Waals surface area contributed by atoms with Gasteiger partial charge in [-0.05, 0) is 59.3 Å². The molecule has 0 fully saturated rings. The van der Waals surface area contributed by atoms with E-state index in [1.165, 1.54) is 6.39 Å². The van der Waals surface area contributed by atoms with Crippen molar-refractivity contribution >= 4 is 28.3 Å². The molecule has 0 saturated heterocycles. The Balaban J connectivity index is 1.80. The van der Waals surface area contributed by atoms with Crippen LogP contribution in [0.1, 0.15) is 11.3 Å². The molecule has 5 nitrogen and oxygen atoms in total. The van der Waals surface area contributed by atoms with E-state index < -0.39 is 0 Å². The number of nitrogens with zero attached hydrogens (tertiary/aromatic N) is 2. The number of anilines is 1. The van der Waals surface area contributed by atoms with E-state index in [4.69, 9.17) is 8.83 Å². The van der Waals surface area contributed by atoms with Crippen LogP contribution in [0.4, 0.5) is 5.69 Å². The maximum Gasteiger partial charge on any atom is 0.247 e. The van der Waals surface area contributed by atoms with Gasteiger partial charge in [0.2, 0.25) is 12.3 Å². The quantitative estimate of drug-likeness (QED) is 0.696. The van der Waals surface area contributed by atoms with Gasteiger partial charge < -0.3 is 14.2 Å². The molecule has 3 aromatic rings. The highest BCUT2D eigenvalue weighted by Crippen LogP contribution is 2.24. The number of halogens is 1. The number of aryl methyl sites for hydroxylation is 1. The minimum atomic E-state index is 0.514. The molecular formula is C14H12IN3O2. The lowest BCUT2D eigenvalue weighted by molar-refractivity contribution is 0.493. The number of aromatic nitrogens is 2. The third-order valence-corrected chi connectivity index (χ3v) is 3.51. The van der Waals surface area contributed by atoms with Crippen molar-refractivity contribution in [1.82, 2.24) is 10.2 Å². The lowest BCUT2D eigenvalue weighted by atomic mass is 10.1. The summed E-state index contributed by atoms with van der Waals surface area (Å²) in [6, 6.07) is 9.89. The van der Waals surface area contributed by atoms with Crippen LogP contribution in [-0.4, -0.2) is 10.2 Å². The Morgan fingerprint density at radius 3 is 2.85 bits per heavy atom. The molecule has 0 unspecified atom stereocenters. The average Bonchev–Trinajstić information content (AvgIpc) is 3.09. The minimum absolute atomic E-state index is 0.514. The highest BCUT2D eigenvalue weighted by Gasteiger charge is 2.07. The number of hydrogen-bond donors (Lipinski definition) is 1. The fourth-order valence-corrected chi connectivity index (χ4v) is 2.34. The monoisotopic (exact) mass is 381 g/mol. The first-order valence-corrected chi connectivity index (χ1v) is 7.15. The number of furan rings is 1. The van der Waals surface area contributed by atoms with Crippen LogP contribution in [-0.2, 0) is 6.54 Å². The highest BCUT2D eigenvalue weighted by atomic mass is 127. The van der Waals surface area contributed by atoms with Crippen LogP contribution in [0.3, 0.4) is 0 Å². The Morgan fingerprint density at radius 1 is 1.25 bits per heavy atom. The third-order valence-electron chi connectivity index (χ3n) is 2.93. The van der Waals surface area contributed by atoms with Crippen LogP contribution >= 0.6 is 22.6 Å². The van der Waals surface area contributed by atoms with Gasteiger partial charge in [0.15, 0.2) is 3.77 Å². The fraction of sp³-hybridized carbons (Fsp3) is 0.143. The lowest BCUT2D eigenvalue weighted by Gasteiger charge is -2.09. The van der Waals surface area contributed by atoms with Gasteiger partial charge in [-0.1, -0.05) is 6.07 Å². The normalized spacial score (nSPS) is 10.7. The first-order chi connectivity index (χ1) is 9.72. The smallest absolute Gasteiger partial charge is 0.247 e. The molecule has 0 saturated carbocycles. The molecule has 0 bridgehead atoms. The van der Waals surface area contributed by atoms with E-state index in [0.29, 0.717) is 12.4 Å². The maximum atomic E-state index is 5.53. The highest BCUT2D eigenvalue weighted by molar-refractivity contribution is 14.1. The lowest BCUT2D eigenvalue weighted by Crippen LogP contribution is -2.00. The van der Waals surface area contributed by atoms with Crippen molar-refractivity contribution in [2.75, 3.05) is 5.32 Å². The Labute approximate surface area is 129 Å². The molecule has 1 N–H and O–H groups in total. The second-order valence-corrected chi connectivity index (χ2v) is 5.40. The molecule has 2 aromatic heterocycles. The molecule has 102 valence electrons. The van der Waals surface area contributed by atoms with Gasteiger partial charge >= 0.3 is 0 Å². The molecule has 0 atom stereocenters. The standard InChI is InChI=1S/C14H12IN3O2/c1-9-2-3-10(14-18-17-8-19-14)6-12(9)16-7-11-4-5-13(15)20-11/h2-6,8,16H,7H2,1H3. The molecule has 1 aromatic carbocycles. The summed E-state index contributed by atoms with van der Waals surface area (Å²) in [5, 5.41) is 11.0. The Hall–Kier alpha value is -1.83. The molecule has 20 heavy (non-hydrogen) atoms. The summed E-state index contributed by atoms with van der Waals surface area (Å²) in [5.74, 6) is 1.41. The zero-order valence-electron chi connectivity index (χ0n) is 10.8. The Morgan fingerprint density at radius 2 is 2.15 bits per heavy atom. The molecule has 0 aliphatic rings. The molecule has 0 aliphatic heterocycles. The van der Waals surface area contributed by atoms with Gasteiger partial charge in [0.05, 0.1) is 6.54 Å². The largest absolute Gasteiger partial charge is 0.454 e. The number of hydrogen-bond acceptors (Lipinski definition) is 5. The van der Waals surface area contributed by atoms with Crippen molar-refractivity contribution in [1.29, 1.82) is 0 Å². The van der Waals surface area contributed by atoms with Crippen LogP contribution < -0.4 is 5.32 Å². The Bertz CT molecular complexity index is 707. The SMILES string of the molecule is Cc1ccc(-c2nnco2)cc1NCc1ccc(I)o1. The van der Waals surface area contributed by atoms with Crippen molar-refractivity contribution in [2.24, 2.45) is 0 Å². The number of benzene rings is 1. The van der Waals surface area contributed by atoms with Crippen molar-refractivity contribution < 1.29 is 8.83 Å². The summed E-state index contributed by atoms with van der Waals surface area (Å²) in [6.45, 7) is 2.68. The molecule has 0 radical (unpaired) electrons. The molecular weight excluding hydrogens is 369 g/mol. The van der Waals surface area contributed by atoms with Gasteiger partial charge in [-0.25, -0.2) is 0 Å². The molecule has 2 heterocycles. The van der Waals surface area contributed by atoms with Gasteiger partial charge in [0.25, 0.3) is 0 Å². The fourth-order valence-electron chi connectivity index (χ4n) is 1.87. The van der Waals surface area contributed by atoms with E-state index in [1.807, 2.05) is 37.3 Å². The van der Waals surface area contributed by atoms with E-state index in [2.05, 4.69) is 38.1 Å². The van der Waals surface area contributed by atoms with Gasteiger partial charge in [-0.2, -0.15) is 0 Å². The van der Waals surface area contributed by atoms with Crippen LogP contribution in [0.15, 0.2) is 45.6 Å². The molecule has 0 spiro atoms. The molecule has 0 aliphatic carbocycles. The molecule has 3 rings (SSSR count). The first-order valence-electron chi connectivity index (χ1n) is 6.07. The predicted molar refractivity (Wildman–Crippen MR) is 83.2 cm³/mol. The number of rotatable bonds is 4. The van der Waals surface area contributed by atoms with Crippen molar-refractivity contribution in [3.63, 3.8) is 0 Å². The summed E-state index contributed by atoms with van der Waals surface area (Å²) in [7, 11) is 0. The topological polar surface area (TPSA) is 64.1 Å². The van der Waals surface area contributed by atoms with Gasteiger partial charge in [0, 0.05) is 11.3 Å². The van der Waals surface area contributed by atoms with Crippen LogP contribution in [0.25, 0.3) is 11.5 Å². The summed E-state index contributed by atoms with van der Waals surface area (Å²) in [4.78, 5) is 0. The van der Waals surface area contributed by atoms with Crippen LogP contribution in [0.5, 0.6) is 0 Å². The molecule has 6 heteroatoms. The third kappa shape index (κ3) is 2.84. The maximum absolute atomic E-state index is 5.53.